The fourth-order valence-corrected chi connectivity index (χ4v) is 4.97. The van der Waals surface area contributed by atoms with Gasteiger partial charge < -0.3 is 25.0 Å². The highest BCUT2D eigenvalue weighted by Crippen LogP contribution is 2.34. The first kappa shape index (κ1) is 21.0. The molecule has 0 atom stereocenters. The molecule has 10 nitrogen and oxygen atoms in total. The molecule has 34 heavy (non-hydrogen) atoms. The van der Waals surface area contributed by atoms with E-state index in [4.69, 9.17) is 9.47 Å². The van der Waals surface area contributed by atoms with Crippen molar-refractivity contribution in [3.63, 3.8) is 0 Å². The Balaban J connectivity index is 1.14. The topological polar surface area (TPSA) is 114 Å². The smallest absolute Gasteiger partial charge is 0.230 e. The summed E-state index contributed by atoms with van der Waals surface area (Å²) < 4.78 is 12.0. The van der Waals surface area contributed by atoms with Gasteiger partial charge in [0.25, 0.3) is 0 Å². The third-order valence-corrected chi connectivity index (χ3v) is 6.75. The first-order valence-electron chi connectivity index (χ1n) is 11.9. The van der Waals surface area contributed by atoms with E-state index < -0.39 is 0 Å². The number of fused-ring (bicyclic) bond motifs is 2. The number of carbonyl (C=O) groups excluding carboxylic acids is 1. The number of rotatable bonds is 5. The van der Waals surface area contributed by atoms with Gasteiger partial charge in [-0.15, -0.1) is 0 Å². The van der Waals surface area contributed by atoms with Crippen molar-refractivity contribution in [2.75, 3.05) is 41.8 Å². The maximum atomic E-state index is 11.7. The summed E-state index contributed by atoms with van der Waals surface area (Å²) in [5, 5.41) is 6.31. The molecule has 1 aromatic carbocycles. The van der Waals surface area contributed by atoms with Gasteiger partial charge in [0, 0.05) is 48.8 Å². The number of anilines is 3. The van der Waals surface area contributed by atoms with Crippen LogP contribution in [0, 0.1) is 0 Å². The summed E-state index contributed by atoms with van der Waals surface area (Å²) in [6.07, 6.45) is 9.12. The zero-order valence-corrected chi connectivity index (χ0v) is 18.9. The van der Waals surface area contributed by atoms with Crippen molar-refractivity contribution in [3.05, 3.63) is 36.4 Å². The number of aromatic nitrogens is 4. The summed E-state index contributed by atoms with van der Waals surface area (Å²) in [6, 6.07) is 4.47. The normalized spacial score (nSPS) is 22.4. The second-order valence-electron chi connectivity index (χ2n) is 8.98. The summed E-state index contributed by atoms with van der Waals surface area (Å²) >= 11 is 0. The van der Waals surface area contributed by atoms with E-state index in [1.165, 1.54) is 6.33 Å². The molecular weight excluding hydrogens is 434 g/mol. The minimum atomic E-state index is -0.0368. The molecule has 6 rings (SSSR count). The molecule has 3 aromatic rings. The number of morpholine rings is 1. The van der Waals surface area contributed by atoms with E-state index in [1.807, 2.05) is 0 Å². The maximum absolute atomic E-state index is 11.7. The Morgan fingerprint density at radius 3 is 2.71 bits per heavy atom. The van der Waals surface area contributed by atoms with Crippen LogP contribution in [0.3, 0.4) is 0 Å². The summed E-state index contributed by atoms with van der Waals surface area (Å²) in [4.78, 5) is 31.7. The molecule has 1 saturated heterocycles. The van der Waals surface area contributed by atoms with Gasteiger partial charge in [-0.3, -0.25) is 9.78 Å². The van der Waals surface area contributed by atoms with E-state index >= 15 is 0 Å². The Bertz CT molecular complexity index is 1210. The van der Waals surface area contributed by atoms with E-state index in [0.29, 0.717) is 12.2 Å². The van der Waals surface area contributed by atoms with Crippen LogP contribution in [0.5, 0.6) is 5.75 Å². The van der Waals surface area contributed by atoms with Gasteiger partial charge in [-0.25, -0.2) is 15.0 Å². The number of hydrogen-bond acceptors (Lipinski definition) is 9. The van der Waals surface area contributed by atoms with Crippen LogP contribution in [0.1, 0.15) is 31.2 Å². The predicted molar refractivity (Wildman–Crippen MR) is 127 cm³/mol. The van der Waals surface area contributed by atoms with Gasteiger partial charge in [0.15, 0.2) is 0 Å². The van der Waals surface area contributed by atoms with Crippen LogP contribution >= 0.6 is 0 Å². The minimum absolute atomic E-state index is 0.0368. The minimum Gasteiger partial charge on any atom is -0.488 e. The van der Waals surface area contributed by atoms with Crippen LogP contribution in [0.15, 0.2) is 30.9 Å². The molecule has 1 amide bonds. The molecule has 176 valence electrons. The number of benzene rings is 1. The number of ether oxygens (including phenoxy) is 2. The molecule has 1 aliphatic carbocycles. The molecule has 2 aliphatic heterocycles. The summed E-state index contributed by atoms with van der Waals surface area (Å²) in [6.45, 7) is 3.17. The van der Waals surface area contributed by atoms with Gasteiger partial charge in [0.1, 0.15) is 29.2 Å². The lowest BCUT2D eigenvalue weighted by atomic mass is 9.92. The van der Waals surface area contributed by atoms with Crippen LogP contribution < -0.4 is 20.3 Å². The van der Waals surface area contributed by atoms with Gasteiger partial charge in [-0.1, -0.05) is 0 Å². The fourth-order valence-electron chi connectivity index (χ4n) is 4.97. The highest BCUT2D eigenvalue weighted by atomic mass is 16.5. The Kier molecular flexibility index (Phi) is 5.58. The second-order valence-corrected chi connectivity index (χ2v) is 8.98. The van der Waals surface area contributed by atoms with Crippen LogP contribution in [-0.2, 0) is 16.0 Å². The first-order chi connectivity index (χ1) is 16.7. The third-order valence-electron chi connectivity index (χ3n) is 6.75. The molecule has 2 aromatic heterocycles. The molecule has 2 fully saturated rings. The van der Waals surface area contributed by atoms with Crippen molar-refractivity contribution in [2.24, 2.45) is 0 Å². The van der Waals surface area contributed by atoms with E-state index in [9.17, 15) is 4.79 Å². The lowest BCUT2D eigenvalue weighted by molar-refractivity contribution is -0.115. The van der Waals surface area contributed by atoms with Crippen LogP contribution in [-0.4, -0.2) is 64.3 Å². The highest BCUT2D eigenvalue weighted by molar-refractivity contribution is 5.99. The number of nitrogens with one attached hydrogen (secondary N) is 2. The van der Waals surface area contributed by atoms with Crippen molar-refractivity contribution >= 4 is 34.3 Å². The Hall–Kier alpha value is -3.53. The van der Waals surface area contributed by atoms with Crippen molar-refractivity contribution in [1.29, 1.82) is 0 Å². The lowest BCUT2D eigenvalue weighted by Crippen LogP contribution is -2.36. The van der Waals surface area contributed by atoms with E-state index in [0.717, 1.165) is 85.8 Å². The van der Waals surface area contributed by atoms with Crippen molar-refractivity contribution in [3.8, 4) is 5.75 Å². The molecule has 0 radical (unpaired) electrons. The highest BCUT2D eigenvalue weighted by Gasteiger charge is 2.27. The Morgan fingerprint density at radius 1 is 1.03 bits per heavy atom. The maximum Gasteiger partial charge on any atom is 0.230 e. The molecule has 0 unspecified atom stereocenters. The van der Waals surface area contributed by atoms with Crippen molar-refractivity contribution < 1.29 is 14.3 Å². The van der Waals surface area contributed by atoms with Crippen LogP contribution in [0.4, 0.5) is 17.3 Å². The molecule has 1 saturated carbocycles. The van der Waals surface area contributed by atoms with E-state index in [2.05, 4.69) is 47.6 Å². The molecule has 0 spiro atoms. The summed E-state index contributed by atoms with van der Waals surface area (Å²) in [7, 11) is 0. The van der Waals surface area contributed by atoms with Gasteiger partial charge in [0.05, 0.1) is 31.3 Å². The molecule has 3 aliphatic rings. The van der Waals surface area contributed by atoms with Gasteiger partial charge in [-0.2, -0.15) is 0 Å². The standard InChI is InChI=1S/C24H27N7O3/c32-21-13-18-23(27-14-28-24(18)30-21)29-15-1-3-17(4-2-15)34-20-12-16(31-7-9-33-10-8-31)11-19-22(20)26-6-5-25-19/h5-6,11-12,14-15,17H,1-4,7-10,13H2,(H2,27,28,29,30,32). The van der Waals surface area contributed by atoms with E-state index in [1.54, 1.807) is 12.4 Å². The second kappa shape index (κ2) is 9.02. The summed E-state index contributed by atoms with van der Waals surface area (Å²) in [5.41, 5.74) is 3.60. The average Bonchev–Trinajstić information content (AvgIpc) is 3.27. The number of carbonyl (C=O) groups is 1. The van der Waals surface area contributed by atoms with Crippen molar-refractivity contribution in [1.82, 2.24) is 19.9 Å². The summed E-state index contributed by atoms with van der Waals surface area (Å²) in [5.74, 6) is 2.13. The van der Waals surface area contributed by atoms with Crippen LogP contribution in [0.25, 0.3) is 11.0 Å². The number of nitrogens with zero attached hydrogens (tertiary/aromatic N) is 5. The Morgan fingerprint density at radius 2 is 1.85 bits per heavy atom. The SMILES string of the molecule is O=C1Cc2c(ncnc2NC2CCC(Oc3cc(N4CCOCC4)cc4nccnc34)CC2)N1. The quantitative estimate of drug-likeness (QED) is 0.591. The molecule has 10 heteroatoms. The van der Waals surface area contributed by atoms with Gasteiger partial charge in [0.2, 0.25) is 5.91 Å². The van der Waals surface area contributed by atoms with E-state index in [-0.39, 0.29) is 18.1 Å². The molecule has 2 N–H and O–H groups in total. The molecule has 0 bridgehead atoms. The number of hydrogen-bond donors (Lipinski definition) is 2. The zero-order valence-electron chi connectivity index (χ0n) is 18.9. The zero-order chi connectivity index (χ0) is 22.9. The predicted octanol–water partition coefficient (Wildman–Crippen LogP) is 2.55. The van der Waals surface area contributed by atoms with Crippen LogP contribution in [0.2, 0.25) is 0 Å². The monoisotopic (exact) mass is 461 g/mol. The van der Waals surface area contributed by atoms with Gasteiger partial charge in [-0.05, 0) is 31.7 Å². The number of amides is 1. The third kappa shape index (κ3) is 4.21. The van der Waals surface area contributed by atoms with Crippen molar-refractivity contribution in [2.45, 2.75) is 44.2 Å². The molecule has 4 heterocycles. The lowest BCUT2D eigenvalue weighted by Gasteiger charge is -2.31. The van der Waals surface area contributed by atoms with Gasteiger partial charge >= 0.3 is 0 Å². The Labute approximate surface area is 197 Å². The average molecular weight is 462 g/mol. The largest absolute Gasteiger partial charge is 0.488 e. The first-order valence-corrected chi connectivity index (χ1v) is 11.9. The fraction of sp³-hybridized carbons (Fsp3) is 0.458. The molecular formula is C24H27N7O3.